The standard InChI is InChI=1S/C22H22N2O4S/c1-15-2-10-19(11-3-15)29(27,28)23-13-12-22(20(14-23)21(22)16-4-5-16)17-6-8-18(9-7-17)24(25)26/h2-3,6-13,16,20-21H,4-5,14H2,1H3. The van der Waals surface area contributed by atoms with Gasteiger partial charge in [0.2, 0.25) is 0 Å². The molecule has 5 rings (SSSR count). The van der Waals surface area contributed by atoms with Gasteiger partial charge in [-0.05, 0) is 55.2 Å². The molecule has 2 aromatic rings. The van der Waals surface area contributed by atoms with Gasteiger partial charge in [0.15, 0.2) is 0 Å². The summed E-state index contributed by atoms with van der Waals surface area (Å²) in [5.74, 6) is 1.22. The molecule has 0 N–H and O–H groups in total. The Morgan fingerprint density at radius 1 is 1.07 bits per heavy atom. The van der Waals surface area contributed by atoms with E-state index in [9.17, 15) is 18.5 Å². The van der Waals surface area contributed by atoms with Crippen LogP contribution >= 0.6 is 0 Å². The van der Waals surface area contributed by atoms with Crippen LogP contribution in [0, 0.1) is 34.8 Å². The van der Waals surface area contributed by atoms with Crippen molar-refractivity contribution in [3.63, 3.8) is 0 Å². The van der Waals surface area contributed by atoms with Gasteiger partial charge in [0, 0.05) is 30.3 Å². The summed E-state index contributed by atoms with van der Waals surface area (Å²) >= 11 is 0. The van der Waals surface area contributed by atoms with Gasteiger partial charge in [0.25, 0.3) is 15.7 Å². The Labute approximate surface area is 170 Å². The van der Waals surface area contributed by atoms with Gasteiger partial charge in [-0.25, -0.2) is 8.42 Å². The number of hydrogen-bond donors (Lipinski definition) is 0. The summed E-state index contributed by atoms with van der Waals surface area (Å²) in [6.45, 7) is 2.38. The Balaban J connectivity index is 1.48. The second-order valence-electron chi connectivity index (χ2n) is 8.41. The van der Waals surface area contributed by atoms with Crippen LogP contribution in [0.25, 0.3) is 0 Å². The Morgan fingerprint density at radius 2 is 1.72 bits per heavy atom. The summed E-state index contributed by atoms with van der Waals surface area (Å²) < 4.78 is 27.7. The van der Waals surface area contributed by atoms with E-state index >= 15 is 0 Å². The van der Waals surface area contributed by atoms with Gasteiger partial charge in [-0.1, -0.05) is 35.9 Å². The van der Waals surface area contributed by atoms with Crippen molar-refractivity contribution in [3.8, 4) is 0 Å². The molecule has 3 atom stereocenters. The van der Waals surface area contributed by atoms with Crippen LogP contribution in [0.15, 0.2) is 65.7 Å². The Morgan fingerprint density at radius 3 is 2.31 bits per heavy atom. The topological polar surface area (TPSA) is 80.5 Å². The molecule has 6 nitrogen and oxygen atoms in total. The maximum atomic E-state index is 13.1. The molecule has 2 aliphatic carbocycles. The normalized spacial score (nSPS) is 28.1. The van der Waals surface area contributed by atoms with E-state index in [1.54, 1.807) is 30.5 Å². The molecule has 3 aliphatic rings. The molecule has 2 saturated carbocycles. The predicted molar refractivity (Wildman–Crippen MR) is 109 cm³/mol. The van der Waals surface area contributed by atoms with E-state index in [2.05, 4.69) is 0 Å². The second kappa shape index (κ2) is 6.16. The average molecular weight is 410 g/mol. The molecule has 0 amide bonds. The molecule has 29 heavy (non-hydrogen) atoms. The molecule has 1 heterocycles. The van der Waals surface area contributed by atoms with Crippen LogP contribution in [0.4, 0.5) is 5.69 Å². The van der Waals surface area contributed by atoms with Crippen LogP contribution in [0.3, 0.4) is 0 Å². The number of fused-ring (bicyclic) bond motifs is 1. The Hall–Kier alpha value is -2.67. The molecule has 7 heteroatoms. The van der Waals surface area contributed by atoms with E-state index in [1.165, 1.54) is 17.1 Å². The number of allylic oxidation sites excluding steroid dienone is 1. The highest BCUT2D eigenvalue weighted by molar-refractivity contribution is 7.89. The van der Waals surface area contributed by atoms with E-state index in [0.717, 1.165) is 11.1 Å². The highest BCUT2D eigenvalue weighted by atomic mass is 32.2. The number of aryl methyl sites for hydroxylation is 1. The first-order chi connectivity index (χ1) is 13.8. The van der Waals surface area contributed by atoms with E-state index in [0.29, 0.717) is 23.3 Å². The highest BCUT2D eigenvalue weighted by Gasteiger charge is 2.69. The smallest absolute Gasteiger partial charge is 0.269 e. The summed E-state index contributed by atoms with van der Waals surface area (Å²) in [5, 5.41) is 11.0. The quantitative estimate of drug-likeness (QED) is 0.551. The first-order valence-corrected chi connectivity index (χ1v) is 11.3. The average Bonchev–Trinajstić information content (AvgIpc) is 3.61. The summed E-state index contributed by atoms with van der Waals surface area (Å²) in [5.41, 5.74) is 1.95. The number of non-ortho nitro benzene ring substituents is 1. The molecule has 2 fully saturated rings. The molecule has 3 unspecified atom stereocenters. The number of rotatable bonds is 5. The summed E-state index contributed by atoms with van der Waals surface area (Å²) in [4.78, 5) is 10.9. The van der Waals surface area contributed by atoms with E-state index in [-0.39, 0.29) is 17.0 Å². The van der Waals surface area contributed by atoms with Crippen molar-refractivity contribution >= 4 is 15.7 Å². The molecule has 0 saturated heterocycles. The second-order valence-corrected chi connectivity index (χ2v) is 10.3. The van der Waals surface area contributed by atoms with Crippen LogP contribution in [0.5, 0.6) is 0 Å². The number of benzene rings is 2. The summed E-state index contributed by atoms with van der Waals surface area (Å²) in [6.07, 6.45) is 6.08. The molecule has 0 bridgehead atoms. The van der Waals surface area contributed by atoms with Crippen molar-refractivity contribution in [3.05, 3.63) is 82.0 Å². The van der Waals surface area contributed by atoms with Crippen molar-refractivity contribution < 1.29 is 13.3 Å². The third-order valence-electron chi connectivity index (χ3n) is 6.72. The van der Waals surface area contributed by atoms with Crippen molar-refractivity contribution in [1.29, 1.82) is 0 Å². The van der Waals surface area contributed by atoms with Gasteiger partial charge < -0.3 is 0 Å². The lowest BCUT2D eigenvalue weighted by Crippen LogP contribution is -2.32. The van der Waals surface area contributed by atoms with Crippen LogP contribution in [-0.4, -0.2) is 24.2 Å². The van der Waals surface area contributed by atoms with Gasteiger partial charge in [-0.15, -0.1) is 0 Å². The Bertz CT molecular complexity index is 1100. The summed E-state index contributed by atoms with van der Waals surface area (Å²) in [6, 6.07) is 13.7. The maximum Gasteiger partial charge on any atom is 0.269 e. The zero-order chi connectivity index (χ0) is 20.4. The number of nitro benzene ring substituents is 1. The third-order valence-corrected chi connectivity index (χ3v) is 8.47. The predicted octanol–water partition coefficient (Wildman–Crippen LogP) is 4.02. The zero-order valence-corrected chi connectivity index (χ0v) is 16.9. The van der Waals surface area contributed by atoms with Crippen LogP contribution in [-0.2, 0) is 15.4 Å². The largest absolute Gasteiger partial charge is 0.273 e. The van der Waals surface area contributed by atoms with Gasteiger partial charge >= 0.3 is 0 Å². The molecule has 1 aliphatic heterocycles. The van der Waals surface area contributed by atoms with Crippen LogP contribution in [0.2, 0.25) is 0 Å². The lowest BCUT2D eigenvalue weighted by Gasteiger charge is -2.27. The number of nitro groups is 1. The number of nitrogens with zero attached hydrogens (tertiary/aromatic N) is 2. The Kier molecular flexibility index (Phi) is 3.90. The fourth-order valence-electron chi connectivity index (χ4n) is 5.04. The van der Waals surface area contributed by atoms with Crippen molar-refractivity contribution in [1.82, 2.24) is 4.31 Å². The fraction of sp³-hybridized carbons (Fsp3) is 0.364. The maximum absolute atomic E-state index is 13.1. The third kappa shape index (κ3) is 2.79. The minimum absolute atomic E-state index is 0.0775. The minimum Gasteiger partial charge on any atom is -0.273 e. The van der Waals surface area contributed by atoms with Gasteiger partial charge in [0.05, 0.1) is 9.82 Å². The van der Waals surface area contributed by atoms with Gasteiger partial charge in [-0.2, -0.15) is 0 Å². The molecule has 0 spiro atoms. The highest BCUT2D eigenvalue weighted by Crippen LogP contribution is 2.70. The van der Waals surface area contributed by atoms with E-state index < -0.39 is 14.9 Å². The van der Waals surface area contributed by atoms with Crippen molar-refractivity contribution in [2.24, 2.45) is 17.8 Å². The van der Waals surface area contributed by atoms with Gasteiger partial charge in [-0.3, -0.25) is 14.4 Å². The molecule has 2 aromatic carbocycles. The molecule has 0 radical (unpaired) electrons. The van der Waals surface area contributed by atoms with E-state index in [1.807, 2.05) is 37.3 Å². The lowest BCUT2D eigenvalue weighted by molar-refractivity contribution is -0.384. The van der Waals surface area contributed by atoms with Crippen molar-refractivity contribution in [2.45, 2.75) is 30.1 Å². The van der Waals surface area contributed by atoms with Gasteiger partial charge in [0.1, 0.15) is 0 Å². The van der Waals surface area contributed by atoms with Crippen molar-refractivity contribution in [2.75, 3.05) is 6.54 Å². The van der Waals surface area contributed by atoms with Crippen LogP contribution < -0.4 is 0 Å². The summed E-state index contributed by atoms with van der Waals surface area (Å²) in [7, 11) is -3.58. The first kappa shape index (κ1) is 18.4. The molecular formula is C22H22N2O4S. The SMILES string of the molecule is Cc1ccc(S(=O)(=O)N2C=CC3(c4ccc([N+](=O)[O-])cc4)C(C2)C3C2CC2)cc1. The molecule has 150 valence electrons. The fourth-order valence-corrected chi connectivity index (χ4v) is 6.37. The minimum atomic E-state index is -3.58. The number of hydrogen-bond acceptors (Lipinski definition) is 4. The molecule has 0 aromatic heterocycles. The first-order valence-electron chi connectivity index (χ1n) is 9.87. The lowest BCUT2D eigenvalue weighted by atomic mass is 9.89. The van der Waals surface area contributed by atoms with Crippen LogP contribution in [0.1, 0.15) is 24.0 Å². The number of sulfonamides is 1. The van der Waals surface area contributed by atoms with E-state index in [4.69, 9.17) is 0 Å². The zero-order valence-electron chi connectivity index (χ0n) is 16.1. The molecular weight excluding hydrogens is 388 g/mol. The monoisotopic (exact) mass is 410 g/mol.